The predicted octanol–water partition coefficient (Wildman–Crippen LogP) is 1.07. The van der Waals surface area contributed by atoms with Crippen molar-refractivity contribution in [3.05, 3.63) is 0 Å². The average molecular weight is 258 g/mol. The van der Waals surface area contributed by atoms with Gasteiger partial charge in [-0.15, -0.1) is 0 Å². The minimum absolute atomic E-state index is 0.102. The third-order valence-electron chi connectivity index (χ3n) is 3.66. The molecule has 1 aliphatic heterocycles. The molecule has 0 aliphatic carbocycles. The Kier molecular flexibility index (Phi) is 5.13. The SMILES string of the molecule is CCC(N)(CCCN1CCOC(C)(C)C1)C(=O)O. The van der Waals surface area contributed by atoms with Gasteiger partial charge < -0.3 is 15.6 Å². The van der Waals surface area contributed by atoms with Gasteiger partial charge in [0.15, 0.2) is 0 Å². The van der Waals surface area contributed by atoms with Crippen molar-refractivity contribution in [2.45, 2.75) is 51.2 Å². The zero-order valence-electron chi connectivity index (χ0n) is 11.7. The summed E-state index contributed by atoms with van der Waals surface area (Å²) in [7, 11) is 0. The third kappa shape index (κ3) is 4.23. The largest absolute Gasteiger partial charge is 0.480 e. The fraction of sp³-hybridized carbons (Fsp3) is 0.923. The van der Waals surface area contributed by atoms with E-state index in [4.69, 9.17) is 15.6 Å². The van der Waals surface area contributed by atoms with Crippen LogP contribution >= 0.6 is 0 Å². The maximum Gasteiger partial charge on any atom is 0.323 e. The van der Waals surface area contributed by atoms with E-state index in [-0.39, 0.29) is 5.60 Å². The van der Waals surface area contributed by atoms with Crippen LogP contribution in [0.1, 0.15) is 40.0 Å². The number of carboxylic acid groups (broad SMARTS) is 1. The van der Waals surface area contributed by atoms with Crippen LogP contribution < -0.4 is 5.73 Å². The van der Waals surface area contributed by atoms with Crippen LogP contribution in [0.15, 0.2) is 0 Å². The van der Waals surface area contributed by atoms with Gasteiger partial charge >= 0.3 is 5.97 Å². The van der Waals surface area contributed by atoms with Gasteiger partial charge in [0, 0.05) is 13.1 Å². The Hall–Kier alpha value is -0.650. The predicted molar refractivity (Wildman–Crippen MR) is 70.6 cm³/mol. The second kappa shape index (κ2) is 5.99. The molecular weight excluding hydrogens is 232 g/mol. The van der Waals surface area contributed by atoms with Gasteiger partial charge in [-0.2, -0.15) is 0 Å². The quantitative estimate of drug-likeness (QED) is 0.745. The molecule has 0 aromatic heterocycles. The fourth-order valence-corrected chi connectivity index (χ4v) is 2.36. The lowest BCUT2D eigenvalue weighted by Crippen LogP contribution is -2.50. The van der Waals surface area contributed by atoms with Gasteiger partial charge in [-0.3, -0.25) is 9.69 Å². The summed E-state index contributed by atoms with van der Waals surface area (Å²) in [4.78, 5) is 13.4. The van der Waals surface area contributed by atoms with Crippen LogP contribution in [-0.2, 0) is 9.53 Å². The number of nitrogens with two attached hydrogens (primary N) is 1. The minimum Gasteiger partial charge on any atom is -0.480 e. The lowest BCUT2D eigenvalue weighted by molar-refractivity contribution is -0.144. The van der Waals surface area contributed by atoms with Gasteiger partial charge in [0.05, 0.1) is 12.2 Å². The van der Waals surface area contributed by atoms with Crippen molar-refractivity contribution in [2.75, 3.05) is 26.2 Å². The van der Waals surface area contributed by atoms with Crippen molar-refractivity contribution >= 4 is 5.97 Å². The van der Waals surface area contributed by atoms with E-state index in [1.165, 1.54) is 0 Å². The monoisotopic (exact) mass is 258 g/mol. The van der Waals surface area contributed by atoms with Gasteiger partial charge in [-0.25, -0.2) is 0 Å². The Morgan fingerprint density at radius 3 is 2.72 bits per heavy atom. The zero-order chi connectivity index (χ0) is 13.8. The molecule has 0 radical (unpaired) electrons. The molecular formula is C13H26N2O3. The van der Waals surface area contributed by atoms with Crippen LogP contribution in [0.25, 0.3) is 0 Å². The summed E-state index contributed by atoms with van der Waals surface area (Å²) in [6.07, 6.45) is 1.81. The van der Waals surface area contributed by atoms with Crippen molar-refractivity contribution in [1.29, 1.82) is 0 Å². The molecule has 106 valence electrons. The van der Waals surface area contributed by atoms with E-state index in [0.29, 0.717) is 12.8 Å². The Bertz CT molecular complexity index is 294. The molecule has 3 N–H and O–H groups in total. The molecule has 0 bridgehead atoms. The molecule has 1 rings (SSSR count). The Morgan fingerprint density at radius 1 is 1.56 bits per heavy atom. The van der Waals surface area contributed by atoms with Gasteiger partial charge in [0.1, 0.15) is 5.54 Å². The topological polar surface area (TPSA) is 75.8 Å². The van der Waals surface area contributed by atoms with Crippen molar-refractivity contribution in [3.8, 4) is 0 Å². The summed E-state index contributed by atoms with van der Waals surface area (Å²) in [5.41, 5.74) is 4.70. The number of aliphatic carboxylic acids is 1. The molecule has 0 aromatic rings. The van der Waals surface area contributed by atoms with Gasteiger partial charge in [0.25, 0.3) is 0 Å². The van der Waals surface area contributed by atoms with Crippen molar-refractivity contribution in [1.82, 2.24) is 4.90 Å². The summed E-state index contributed by atoms with van der Waals surface area (Å²) in [5, 5.41) is 9.09. The van der Waals surface area contributed by atoms with E-state index in [1.807, 2.05) is 6.92 Å². The first-order chi connectivity index (χ1) is 8.29. The van der Waals surface area contributed by atoms with Gasteiger partial charge in [-0.05, 0) is 39.7 Å². The first kappa shape index (κ1) is 15.4. The molecule has 1 aliphatic rings. The number of morpholine rings is 1. The second-order valence-electron chi connectivity index (χ2n) is 5.80. The molecule has 1 saturated heterocycles. The van der Waals surface area contributed by atoms with E-state index in [9.17, 15) is 4.79 Å². The van der Waals surface area contributed by atoms with Gasteiger partial charge in [-0.1, -0.05) is 6.92 Å². The van der Waals surface area contributed by atoms with Crippen LogP contribution in [0.2, 0.25) is 0 Å². The number of carbonyl (C=O) groups is 1. The summed E-state index contributed by atoms with van der Waals surface area (Å²) < 4.78 is 5.64. The molecule has 1 atom stereocenters. The summed E-state index contributed by atoms with van der Waals surface area (Å²) in [6, 6.07) is 0. The number of nitrogens with zero attached hydrogens (tertiary/aromatic N) is 1. The van der Waals surface area contributed by atoms with Gasteiger partial charge in [0.2, 0.25) is 0 Å². The molecule has 1 heterocycles. The van der Waals surface area contributed by atoms with Crippen LogP contribution in [0.3, 0.4) is 0 Å². The van der Waals surface area contributed by atoms with E-state index < -0.39 is 11.5 Å². The summed E-state index contributed by atoms with van der Waals surface area (Å²) in [5.74, 6) is -0.896. The highest BCUT2D eigenvalue weighted by atomic mass is 16.5. The minimum atomic E-state index is -1.07. The highest BCUT2D eigenvalue weighted by Crippen LogP contribution is 2.19. The maximum atomic E-state index is 11.1. The van der Waals surface area contributed by atoms with Crippen LogP contribution in [-0.4, -0.2) is 53.4 Å². The van der Waals surface area contributed by atoms with Crippen molar-refractivity contribution < 1.29 is 14.6 Å². The lowest BCUT2D eigenvalue weighted by Gasteiger charge is -2.38. The molecule has 1 fully saturated rings. The van der Waals surface area contributed by atoms with E-state index in [2.05, 4.69) is 18.7 Å². The molecule has 0 spiro atoms. The molecule has 5 nitrogen and oxygen atoms in total. The highest BCUT2D eigenvalue weighted by Gasteiger charge is 2.32. The zero-order valence-corrected chi connectivity index (χ0v) is 11.7. The van der Waals surface area contributed by atoms with Crippen LogP contribution in [0.4, 0.5) is 0 Å². The molecule has 5 heteroatoms. The van der Waals surface area contributed by atoms with Crippen LogP contribution in [0, 0.1) is 0 Å². The first-order valence-electron chi connectivity index (χ1n) is 6.68. The second-order valence-corrected chi connectivity index (χ2v) is 5.80. The lowest BCUT2D eigenvalue weighted by atomic mass is 9.91. The third-order valence-corrected chi connectivity index (χ3v) is 3.66. The molecule has 1 unspecified atom stereocenters. The molecule has 0 amide bonds. The number of ether oxygens (including phenoxy) is 1. The smallest absolute Gasteiger partial charge is 0.323 e. The highest BCUT2D eigenvalue weighted by molar-refractivity contribution is 5.78. The Morgan fingerprint density at radius 2 is 2.22 bits per heavy atom. The molecule has 0 aromatic carbocycles. The summed E-state index contributed by atoms with van der Waals surface area (Å²) >= 11 is 0. The standard InChI is InChI=1S/C13H26N2O3/c1-4-13(14,11(16)17)6-5-7-15-8-9-18-12(2,3)10-15/h4-10,14H2,1-3H3,(H,16,17). The first-order valence-corrected chi connectivity index (χ1v) is 6.68. The Balaban J connectivity index is 2.35. The average Bonchev–Trinajstić information content (AvgIpc) is 2.27. The summed E-state index contributed by atoms with van der Waals surface area (Å²) in [6.45, 7) is 9.42. The number of hydrogen-bond donors (Lipinski definition) is 2. The molecule has 0 saturated carbocycles. The van der Waals surface area contributed by atoms with Crippen molar-refractivity contribution in [3.63, 3.8) is 0 Å². The molecule has 18 heavy (non-hydrogen) atoms. The van der Waals surface area contributed by atoms with Crippen molar-refractivity contribution in [2.24, 2.45) is 5.73 Å². The fourth-order valence-electron chi connectivity index (χ4n) is 2.36. The van der Waals surface area contributed by atoms with Crippen LogP contribution in [0.5, 0.6) is 0 Å². The normalized spacial score (nSPS) is 23.6. The van der Waals surface area contributed by atoms with E-state index in [0.717, 1.165) is 32.7 Å². The van der Waals surface area contributed by atoms with E-state index in [1.54, 1.807) is 0 Å². The number of carboxylic acids is 1. The van der Waals surface area contributed by atoms with E-state index >= 15 is 0 Å². The number of hydrogen-bond acceptors (Lipinski definition) is 4. The number of rotatable bonds is 6. The Labute approximate surface area is 109 Å². The maximum absolute atomic E-state index is 11.1.